The molecule has 2 atom stereocenters. The van der Waals surface area contributed by atoms with Crippen molar-refractivity contribution in [3.63, 3.8) is 0 Å². The maximum atomic E-state index is 12.6. The molecule has 1 aliphatic heterocycles. The first-order chi connectivity index (χ1) is 14.9. The van der Waals surface area contributed by atoms with Gasteiger partial charge in [0.15, 0.2) is 5.82 Å². The molecule has 0 bridgehead atoms. The number of nitrogens with zero attached hydrogens (tertiary/aromatic N) is 3. The molecule has 0 unspecified atom stereocenters. The number of rotatable bonds is 5. The first kappa shape index (κ1) is 21.6. The number of benzene rings is 2. The summed E-state index contributed by atoms with van der Waals surface area (Å²) in [5.74, 6) is 1.03. The molecule has 1 aliphatic rings. The molecule has 162 valence electrons. The summed E-state index contributed by atoms with van der Waals surface area (Å²) in [7, 11) is 0. The largest absolute Gasteiger partial charge is 0.372 e. The van der Waals surface area contributed by atoms with Gasteiger partial charge >= 0.3 is 0 Å². The fourth-order valence-electron chi connectivity index (χ4n) is 4.01. The molecule has 1 saturated heterocycles. The number of carbonyl (C=O) groups is 1. The van der Waals surface area contributed by atoms with Crippen LogP contribution in [0.4, 0.5) is 11.5 Å². The summed E-state index contributed by atoms with van der Waals surface area (Å²) < 4.78 is 5.89. The number of ether oxygens (including phenoxy) is 1. The van der Waals surface area contributed by atoms with Crippen LogP contribution in [0.2, 0.25) is 0 Å². The third-order valence-corrected chi connectivity index (χ3v) is 6.04. The van der Waals surface area contributed by atoms with Crippen LogP contribution in [0.3, 0.4) is 0 Å². The predicted octanol–water partition coefficient (Wildman–Crippen LogP) is 4.59. The zero-order chi connectivity index (χ0) is 22.0. The SMILES string of the molecule is Cc1cc(C)cc(NC(=O)CSc2nc3ccccc3nc2N2C[C@@H](C)O[C@@H](C)C2)c1. The Morgan fingerprint density at radius 2 is 1.68 bits per heavy atom. The average molecular weight is 437 g/mol. The number of morpholine rings is 1. The fraction of sp³-hybridized carbons (Fsp3) is 0.375. The molecule has 31 heavy (non-hydrogen) atoms. The van der Waals surface area contributed by atoms with E-state index in [1.807, 2.05) is 50.2 Å². The van der Waals surface area contributed by atoms with E-state index in [1.54, 1.807) is 0 Å². The Bertz CT molecular complexity index is 1070. The van der Waals surface area contributed by atoms with Gasteiger partial charge in [-0.3, -0.25) is 4.79 Å². The van der Waals surface area contributed by atoms with Crippen molar-refractivity contribution in [3.8, 4) is 0 Å². The Labute approximate surface area is 187 Å². The number of fused-ring (bicyclic) bond motifs is 1. The van der Waals surface area contributed by atoms with Crippen molar-refractivity contribution in [1.29, 1.82) is 0 Å². The lowest BCUT2D eigenvalue weighted by atomic mass is 10.1. The van der Waals surface area contributed by atoms with E-state index in [0.717, 1.165) is 51.8 Å². The number of aryl methyl sites for hydroxylation is 2. The van der Waals surface area contributed by atoms with Crippen LogP contribution in [0.15, 0.2) is 47.5 Å². The van der Waals surface area contributed by atoms with Crippen molar-refractivity contribution in [2.75, 3.05) is 29.1 Å². The van der Waals surface area contributed by atoms with E-state index < -0.39 is 0 Å². The molecule has 0 radical (unpaired) electrons. The number of hydrogen-bond acceptors (Lipinski definition) is 6. The van der Waals surface area contributed by atoms with Crippen LogP contribution in [0.5, 0.6) is 0 Å². The van der Waals surface area contributed by atoms with Gasteiger partial charge in [0.25, 0.3) is 0 Å². The Kier molecular flexibility index (Phi) is 6.43. The molecule has 2 heterocycles. The molecule has 3 aromatic rings. The molecular formula is C24H28N4O2S. The van der Waals surface area contributed by atoms with E-state index in [0.29, 0.717) is 0 Å². The van der Waals surface area contributed by atoms with Crippen LogP contribution in [-0.2, 0) is 9.53 Å². The van der Waals surface area contributed by atoms with Gasteiger partial charge in [0.1, 0.15) is 5.03 Å². The summed E-state index contributed by atoms with van der Waals surface area (Å²) in [4.78, 5) is 24.6. The van der Waals surface area contributed by atoms with Gasteiger partial charge in [-0.2, -0.15) is 0 Å². The van der Waals surface area contributed by atoms with E-state index >= 15 is 0 Å². The van der Waals surface area contributed by atoms with Crippen LogP contribution in [-0.4, -0.2) is 46.9 Å². The minimum absolute atomic E-state index is 0.0559. The van der Waals surface area contributed by atoms with Crippen molar-refractivity contribution in [1.82, 2.24) is 9.97 Å². The molecule has 7 heteroatoms. The lowest BCUT2D eigenvalue weighted by molar-refractivity contribution is -0.113. The Hall–Kier alpha value is -2.64. The average Bonchev–Trinajstić information content (AvgIpc) is 2.70. The smallest absolute Gasteiger partial charge is 0.234 e. The molecule has 0 aliphatic carbocycles. The van der Waals surface area contributed by atoms with Crippen molar-refractivity contribution in [3.05, 3.63) is 53.6 Å². The normalized spacial score (nSPS) is 18.9. The topological polar surface area (TPSA) is 67.4 Å². The summed E-state index contributed by atoms with van der Waals surface area (Å²) in [6.45, 7) is 9.69. The summed E-state index contributed by atoms with van der Waals surface area (Å²) in [5, 5.41) is 3.78. The number of anilines is 2. The standard InChI is InChI=1S/C24H28N4O2S/c1-15-9-16(2)11-19(10-15)25-22(29)14-31-24-23(28-12-17(3)30-18(4)13-28)26-20-7-5-6-8-21(20)27-24/h5-11,17-18H,12-14H2,1-4H3,(H,25,29)/t17-,18+. The van der Waals surface area contributed by atoms with Gasteiger partial charge in [0, 0.05) is 18.8 Å². The minimum Gasteiger partial charge on any atom is -0.372 e. The maximum Gasteiger partial charge on any atom is 0.234 e. The Balaban J connectivity index is 1.56. The van der Waals surface area contributed by atoms with Crippen LogP contribution >= 0.6 is 11.8 Å². The highest BCUT2D eigenvalue weighted by molar-refractivity contribution is 8.00. The summed E-state index contributed by atoms with van der Waals surface area (Å²) in [5.41, 5.74) is 4.76. The van der Waals surface area contributed by atoms with Gasteiger partial charge < -0.3 is 15.0 Å². The monoisotopic (exact) mass is 436 g/mol. The zero-order valence-corrected chi connectivity index (χ0v) is 19.2. The summed E-state index contributed by atoms with van der Waals surface area (Å²) in [6, 6.07) is 13.9. The van der Waals surface area contributed by atoms with Crippen molar-refractivity contribution in [2.45, 2.75) is 44.9 Å². The molecule has 0 saturated carbocycles. The number of nitrogens with one attached hydrogen (secondary N) is 1. The third-order valence-electron chi connectivity index (χ3n) is 5.09. The number of thioether (sulfide) groups is 1. The van der Waals surface area contributed by atoms with Gasteiger partial charge in [-0.15, -0.1) is 0 Å². The van der Waals surface area contributed by atoms with Crippen molar-refractivity contribution in [2.24, 2.45) is 0 Å². The van der Waals surface area contributed by atoms with Gasteiger partial charge in [0.2, 0.25) is 5.91 Å². The van der Waals surface area contributed by atoms with Gasteiger partial charge in [-0.25, -0.2) is 9.97 Å². The van der Waals surface area contributed by atoms with Crippen LogP contribution < -0.4 is 10.2 Å². The first-order valence-electron chi connectivity index (χ1n) is 10.6. The van der Waals surface area contributed by atoms with Gasteiger partial charge in [0.05, 0.1) is 29.0 Å². The molecule has 1 amide bonds. The van der Waals surface area contributed by atoms with Gasteiger partial charge in [-0.1, -0.05) is 30.0 Å². The predicted molar refractivity (Wildman–Crippen MR) is 127 cm³/mol. The lowest BCUT2D eigenvalue weighted by Gasteiger charge is -2.36. The minimum atomic E-state index is -0.0559. The Morgan fingerprint density at radius 3 is 2.32 bits per heavy atom. The summed E-state index contributed by atoms with van der Waals surface area (Å²) >= 11 is 1.43. The number of amides is 1. The third kappa shape index (κ3) is 5.35. The summed E-state index contributed by atoms with van der Waals surface area (Å²) in [6.07, 6.45) is 0.227. The van der Waals surface area contributed by atoms with E-state index in [1.165, 1.54) is 11.8 Å². The second kappa shape index (κ2) is 9.24. The van der Waals surface area contributed by atoms with Crippen molar-refractivity contribution >= 4 is 40.2 Å². The number of aromatic nitrogens is 2. The molecule has 2 aromatic carbocycles. The first-order valence-corrected chi connectivity index (χ1v) is 11.5. The van der Waals surface area contributed by atoms with E-state index in [-0.39, 0.29) is 23.9 Å². The molecule has 4 rings (SSSR count). The molecule has 1 N–H and O–H groups in total. The molecule has 6 nitrogen and oxygen atoms in total. The van der Waals surface area contributed by atoms with Crippen molar-refractivity contribution < 1.29 is 9.53 Å². The van der Waals surface area contributed by atoms with Crippen LogP contribution in [0, 0.1) is 13.8 Å². The van der Waals surface area contributed by atoms with Gasteiger partial charge in [-0.05, 0) is 63.1 Å². The number of carbonyl (C=O) groups excluding carboxylic acids is 1. The highest BCUT2D eigenvalue weighted by atomic mass is 32.2. The maximum absolute atomic E-state index is 12.6. The van der Waals surface area contributed by atoms with E-state index in [9.17, 15) is 4.79 Å². The Morgan fingerprint density at radius 1 is 1.06 bits per heavy atom. The highest BCUT2D eigenvalue weighted by Crippen LogP contribution is 2.31. The second-order valence-corrected chi connectivity index (χ2v) is 9.18. The van der Waals surface area contributed by atoms with E-state index in [4.69, 9.17) is 14.7 Å². The highest BCUT2D eigenvalue weighted by Gasteiger charge is 2.26. The molecule has 1 fully saturated rings. The number of hydrogen-bond donors (Lipinski definition) is 1. The van der Waals surface area contributed by atoms with Crippen LogP contribution in [0.1, 0.15) is 25.0 Å². The molecule has 1 aromatic heterocycles. The molecular weight excluding hydrogens is 408 g/mol. The zero-order valence-electron chi connectivity index (χ0n) is 18.4. The van der Waals surface area contributed by atoms with E-state index in [2.05, 4.69) is 30.1 Å². The second-order valence-electron chi connectivity index (χ2n) is 8.22. The number of para-hydroxylation sites is 2. The quantitative estimate of drug-likeness (QED) is 0.590. The lowest BCUT2D eigenvalue weighted by Crippen LogP contribution is -2.46. The molecule has 0 spiro atoms. The fourth-order valence-corrected chi connectivity index (χ4v) is 4.81. The van der Waals surface area contributed by atoms with Crippen LogP contribution in [0.25, 0.3) is 11.0 Å².